The van der Waals surface area contributed by atoms with Crippen molar-refractivity contribution in [3.8, 4) is 0 Å². The monoisotopic (exact) mass is 355 g/mol. The predicted octanol–water partition coefficient (Wildman–Crippen LogP) is 3.08. The molecule has 6 heteroatoms. The van der Waals surface area contributed by atoms with E-state index in [2.05, 4.69) is 10.3 Å². The van der Waals surface area contributed by atoms with E-state index in [1.54, 1.807) is 6.92 Å². The highest BCUT2D eigenvalue weighted by Gasteiger charge is 2.54. The Morgan fingerprint density at radius 3 is 2.81 bits per heavy atom. The molecule has 2 amide bonds. The van der Waals surface area contributed by atoms with Crippen LogP contribution in [0.3, 0.4) is 0 Å². The summed E-state index contributed by atoms with van der Waals surface area (Å²) < 4.78 is 13.9. The molecule has 0 bridgehead atoms. The molecule has 26 heavy (non-hydrogen) atoms. The lowest BCUT2D eigenvalue weighted by atomic mass is 9.76. The third-order valence-corrected chi connectivity index (χ3v) is 5.56. The van der Waals surface area contributed by atoms with Crippen LogP contribution >= 0.6 is 0 Å². The summed E-state index contributed by atoms with van der Waals surface area (Å²) in [6.07, 6.45) is 7.59. The molecule has 5 nitrogen and oxygen atoms in total. The van der Waals surface area contributed by atoms with E-state index in [0.29, 0.717) is 17.8 Å². The molecule has 2 heterocycles. The number of allylic oxidation sites excluding steroid dienone is 3. The maximum atomic E-state index is 13.9. The molecule has 3 aliphatic rings. The number of aryl methyl sites for hydroxylation is 1. The summed E-state index contributed by atoms with van der Waals surface area (Å²) in [6.45, 7) is 5.69. The van der Waals surface area contributed by atoms with Crippen LogP contribution in [0.15, 0.2) is 35.8 Å². The number of amides is 2. The van der Waals surface area contributed by atoms with Gasteiger partial charge in [-0.05, 0) is 38.3 Å². The highest BCUT2D eigenvalue weighted by Crippen LogP contribution is 2.51. The smallest absolute Gasteiger partial charge is 0.258 e. The number of nitrogens with one attached hydrogen (secondary N) is 1. The Kier molecular flexibility index (Phi) is 3.75. The van der Waals surface area contributed by atoms with E-state index in [-0.39, 0.29) is 23.4 Å². The molecule has 2 aliphatic carbocycles. The van der Waals surface area contributed by atoms with E-state index in [4.69, 9.17) is 0 Å². The summed E-state index contributed by atoms with van der Waals surface area (Å²) in [4.78, 5) is 31.1. The number of hydrogen-bond acceptors (Lipinski definition) is 3. The molecular weight excluding hydrogens is 333 g/mol. The summed E-state index contributed by atoms with van der Waals surface area (Å²) in [7, 11) is 0. The van der Waals surface area contributed by atoms with Crippen molar-refractivity contribution in [2.75, 3.05) is 0 Å². The minimum atomic E-state index is -0.646. The molecular formula is C20H22FN3O2. The molecule has 1 unspecified atom stereocenters. The molecule has 1 N–H and O–H groups in total. The maximum Gasteiger partial charge on any atom is 0.258 e. The molecule has 1 saturated carbocycles. The number of rotatable bonds is 3. The number of hydrogen-bond donors (Lipinski definition) is 1. The summed E-state index contributed by atoms with van der Waals surface area (Å²) in [5.41, 5.74) is 1.71. The Morgan fingerprint density at radius 1 is 1.38 bits per heavy atom. The van der Waals surface area contributed by atoms with Crippen LogP contribution in [0, 0.1) is 24.1 Å². The molecule has 0 spiro atoms. The van der Waals surface area contributed by atoms with Crippen LogP contribution in [0.2, 0.25) is 0 Å². The minimum Gasteiger partial charge on any atom is -0.322 e. The van der Waals surface area contributed by atoms with Gasteiger partial charge in [-0.3, -0.25) is 14.6 Å². The van der Waals surface area contributed by atoms with Gasteiger partial charge in [-0.1, -0.05) is 19.9 Å². The molecule has 0 aromatic carbocycles. The third-order valence-electron chi connectivity index (χ3n) is 5.56. The zero-order valence-corrected chi connectivity index (χ0v) is 15.2. The highest BCUT2D eigenvalue weighted by atomic mass is 19.1. The topological polar surface area (TPSA) is 62.3 Å². The number of nitrogens with zero attached hydrogens (tertiary/aromatic N) is 2. The van der Waals surface area contributed by atoms with Crippen LogP contribution in [0.1, 0.15) is 49.2 Å². The van der Waals surface area contributed by atoms with Gasteiger partial charge < -0.3 is 10.2 Å². The van der Waals surface area contributed by atoms with Gasteiger partial charge in [-0.15, -0.1) is 0 Å². The lowest BCUT2D eigenvalue weighted by Crippen LogP contribution is -2.32. The first kappa shape index (κ1) is 16.9. The fourth-order valence-electron chi connectivity index (χ4n) is 3.87. The van der Waals surface area contributed by atoms with Gasteiger partial charge in [0.25, 0.3) is 5.91 Å². The van der Waals surface area contributed by atoms with E-state index >= 15 is 0 Å². The van der Waals surface area contributed by atoms with E-state index in [1.807, 2.05) is 30.9 Å². The zero-order chi connectivity index (χ0) is 18.6. The number of fused-ring (bicyclic) bond motifs is 1. The first-order chi connectivity index (χ1) is 12.3. The van der Waals surface area contributed by atoms with Crippen LogP contribution < -0.4 is 5.32 Å². The lowest BCUT2D eigenvalue weighted by Gasteiger charge is -2.26. The summed E-state index contributed by atoms with van der Waals surface area (Å²) in [5, 5.41) is 2.78. The Balaban J connectivity index is 1.60. The largest absolute Gasteiger partial charge is 0.322 e. The Bertz CT molecular complexity index is 868. The average Bonchev–Trinajstić information content (AvgIpc) is 3.39. The van der Waals surface area contributed by atoms with Gasteiger partial charge in [0.05, 0.1) is 17.2 Å². The molecule has 1 saturated heterocycles. The molecule has 1 aromatic rings. The Hall–Kier alpha value is -2.50. The number of likely N-dealkylation sites (tertiary alicyclic amines) is 1. The minimum absolute atomic E-state index is 0.0270. The number of carbonyl (C=O) groups excluding carboxylic acids is 2. The van der Waals surface area contributed by atoms with Crippen LogP contribution in [0.25, 0.3) is 0 Å². The molecule has 0 radical (unpaired) electrons. The fraction of sp³-hybridized carbons (Fsp3) is 0.450. The Labute approximate surface area is 152 Å². The predicted molar refractivity (Wildman–Crippen MR) is 94.3 cm³/mol. The second kappa shape index (κ2) is 5.76. The van der Waals surface area contributed by atoms with Crippen molar-refractivity contribution < 1.29 is 14.0 Å². The van der Waals surface area contributed by atoms with Crippen LogP contribution in [0.4, 0.5) is 4.39 Å². The summed E-state index contributed by atoms with van der Waals surface area (Å²) in [6, 6.07) is 1.72. The second-order valence-electron chi connectivity index (χ2n) is 7.90. The zero-order valence-electron chi connectivity index (χ0n) is 15.2. The van der Waals surface area contributed by atoms with Gasteiger partial charge in [0.1, 0.15) is 0 Å². The third kappa shape index (κ3) is 2.64. The van der Waals surface area contributed by atoms with Crippen molar-refractivity contribution >= 4 is 11.8 Å². The van der Waals surface area contributed by atoms with Gasteiger partial charge in [-0.2, -0.15) is 0 Å². The van der Waals surface area contributed by atoms with E-state index < -0.39 is 17.1 Å². The van der Waals surface area contributed by atoms with Crippen LogP contribution in [0.5, 0.6) is 0 Å². The van der Waals surface area contributed by atoms with E-state index in [9.17, 15) is 14.0 Å². The first-order valence-corrected chi connectivity index (χ1v) is 8.98. The van der Waals surface area contributed by atoms with E-state index in [0.717, 1.165) is 24.7 Å². The Morgan fingerprint density at radius 2 is 2.12 bits per heavy atom. The van der Waals surface area contributed by atoms with Gasteiger partial charge in [0, 0.05) is 29.0 Å². The van der Waals surface area contributed by atoms with Gasteiger partial charge in [0.15, 0.2) is 5.82 Å². The second-order valence-corrected chi connectivity index (χ2v) is 7.90. The average molecular weight is 355 g/mol. The summed E-state index contributed by atoms with van der Waals surface area (Å²) in [5.74, 6) is -0.868. The SMILES string of the molecule is Cc1cc(C(=O)NC2=CCC3C(=C2)N(C2CC2)C(=O)C3(C)C)c(F)cn1. The molecule has 1 atom stereocenters. The van der Waals surface area contributed by atoms with Crippen molar-refractivity contribution in [3.63, 3.8) is 0 Å². The van der Waals surface area contributed by atoms with Crippen molar-refractivity contribution in [2.24, 2.45) is 11.3 Å². The molecule has 136 valence electrons. The number of carbonyl (C=O) groups is 2. The van der Waals surface area contributed by atoms with Crippen molar-refractivity contribution in [1.29, 1.82) is 0 Å². The molecule has 1 aromatic heterocycles. The maximum absolute atomic E-state index is 13.9. The quantitative estimate of drug-likeness (QED) is 0.906. The number of pyridine rings is 1. The van der Waals surface area contributed by atoms with Gasteiger partial charge >= 0.3 is 0 Å². The standard InChI is InChI=1S/C20H22FN3O2/c1-11-8-14(16(21)10-22-11)18(25)23-12-4-7-15-17(9-12)24(13-5-6-13)19(26)20(15,2)3/h4,8-10,13,15H,5-7H2,1-3H3,(H,23,25). The van der Waals surface area contributed by atoms with Crippen molar-refractivity contribution in [2.45, 2.75) is 46.1 Å². The molecule has 4 rings (SSSR count). The first-order valence-electron chi connectivity index (χ1n) is 8.98. The summed E-state index contributed by atoms with van der Waals surface area (Å²) >= 11 is 0. The van der Waals surface area contributed by atoms with Gasteiger partial charge in [0.2, 0.25) is 5.91 Å². The number of aromatic nitrogens is 1. The molecule has 1 aliphatic heterocycles. The highest BCUT2D eigenvalue weighted by molar-refractivity contribution is 5.96. The van der Waals surface area contributed by atoms with E-state index in [1.165, 1.54) is 6.07 Å². The lowest BCUT2D eigenvalue weighted by molar-refractivity contribution is -0.135. The fourth-order valence-corrected chi connectivity index (χ4v) is 3.87. The normalized spacial score (nSPS) is 24.1. The molecule has 2 fully saturated rings. The van der Waals surface area contributed by atoms with Crippen molar-refractivity contribution in [1.82, 2.24) is 15.2 Å². The van der Waals surface area contributed by atoms with Crippen molar-refractivity contribution in [3.05, 3.63) is 52.9 Å². The van der Waals surface area contributed by atoms with Crippen LogP contribution in [-0.4, -0.2) is 27.7 Å². The van der Waals surface area contributed by atoms with Crippen LogP contribution in [-0.2, 0) is 4.79 Å². The van der Waals surface area contributed by atoms with Gasteiger partial charge in [-0.25, -0.2) is 4.39 Å². The number of halogens is 1.